The molecule has 2 atom stereocenters. The molecule has 0 saturated carbocycles. The molecule has 5 rings (SSSR count). The summed E-state index contributed by atoms with van der Waals surface area (Å²) in [5.41, 5.74) is 4.17. The van der Waals surface area contributed by atoms with Crippen molar-refractivity contribution in [2.45, 2.75) is 52.2 Å². The van der Waals surface area contributed by atoms with Crippen LogP contribution in [0.15, 0.2) is 78.0 Å². The number of aliphatic imine (C=N–C) groups is 1. The van der Waals surface area contributed by atoms with E-state index in [0.29, 0.717) is 40.6 Å². The van der Waals surface area contributed by atoms with Crippen molar-refractivity contribution >= 4 is 28.5 Å². The summed E-state index contributed by atoms with van der Waals surface area (Å²) in [6.45, 7) is 6.77. The lowest BCUT2D eigenvalue weighted by Crippen LogP contribution is -2.35. The molecule has 0 aliphatic carbocycles. The number of rotatable bonds is 13. The Kier molecular flexibility index (Phi) is 11.1. The lowest BCUT2D eigenvalue weighted by atomic mass is 9.97. The molecule has 48 heavy (non-hydrogen) atoms. The number of amides is 1. The van der Waals surface area contributed by atoms with E-state index in [2.05, 4.69) is 45.9 Å². The number of nitrogens with one attached hydrogen (secondary N) is 1. The van der Waals surface area contributed by atoms with Crippen LogP contribution in [-0.2, 0) is 11.2 Å². The fraction of sp³-hybridized carbons (Fsp3) is 0.353. The van der Waals surface area contributed by atoms with Crippen LogP contribution in [-0.4, -0.2) is 63.1 Å². The minimum absolute atomic E-state index is 0.0991. The van der Waals surface area contributed by atoms with E-state index in [1.54, 1.807) is 12.0 Å². The largest absolute Gasteiger partial charge is 0.573 e. The third-order valence-corrected chi connectivity index (χ3v) is 8.62. The topological polar surface area (TPSA) is 114 Å². The maximum atomic E-state index is 12.9. The number of alkyl halides is 3. The van der Waals surface area contributed by atoms with E-state index in [9.17, 15) is 23.1 Å². The number of thioether (sulfide) groups is 1. The van der Waals surface area contributed by atoms with E-state index in [0.717, 1.165) is 29.5 Å². The molecule has 1 amide bonds. The SMILES string of the molecule is COc1ccc(C(C)C)c(N2C(=O)CS/C2=N\C(O)NCCC(C)Cc2ccc(-c3ncn(-c4ccc(OC(F)(F)F)cc4)n3)cc2)c1. The monoisotopic (exact) mass is 682 g/mol. The Hall–Kier alpha value is -4.40. The van der Waals surface area contributed by atoms with Crippen molar-refractivity contribution in [3.63, 3.8) is 0 Å². The maximum absolute atomic E-state index is 12.9. The van der Waals surface area contributed by atoms with E-state index in [1.807, 2.05) is 42.5 Å². The molecule has 1 fully saturated rings. The van der Waals surface area contributed by atoms with Gasteiger partial charge >= 0.3 is 6.36 Å². The normalized spacial score (nSPS) is 15.7. The quantitative estimate of drug-likeness (QED) is 0.153. The van der Waals surface area contributed by atoms with Gasteiger partial charge in [0, 0.05) is 11.6 Å². The minimum atomic E-state index is -4.75. The molecule has 2 N–H and O–H groups in total. The molecular formula is C34H37F3N6O4S. The van der Waals surface area contributed by atoms with Crippen molar-refractivity contribution in [1.29, 1.82) is 0 Å². The van der Waals surface area contributed by atoms with Gasteiger partial charge in [0.15, 0.2) is 11.0 Å². The predicted molar refractivity (Wildman–Crippen MR) is 179 cm³/mol. The van der Waals surface area contributed by atoms with Crippen molar-refractivity contribution in [2.75, 3.05) is 24.3 Å². The zero-order chi connectivity index (χ0) is 34.4. The molecule has 10 nitrogen and oxygen atoms in total. The highest BCUT2D eigenvalue weighted by molar-refractivity contribution is 8.15. The summed E-state index contributed by atoms with van der Waals surface area (Å²) >= 11 is 1.30. The first-order valence-electron chi connectivity index (χ1n) is 15.4. The Labute approximate surface area is 281 Å². The molecule has 1 saturated heterocycles. The van der Waals surface area contributed by atoms with E-state index in [-0.39, 0.29) is 23.3 Å². The number of aromatic nitrogens is 3. The van der Waals surface area contributed by atoms with Crippen molar-refractivity contribution in [2.24, 2.45) is 10.9 Å². The average molecular weight is 683 g/mol. The lowest BCUT2D eigenvalue weighted by molar-refractivity contribution is -0.274. The molecule has 14 heteroatoms. The predicted octanol–water partition coefficient (Wildman–Crippen LogP) is 6.54. The maximum Gasteiger partial charge on any atom is 0.573 e. The van der Waals surface area contributed by atoms with Gasteiger partial charge in [-0.2, -0.15) is 0 Å². The first-order valence-corrected chi connectivity index (χ1v) is 16.4. The third-order valence-electron chi connectivity index (χ3n) is 7.69. The van der Waals surface area contributed by atoms with Crippen LogP contribution >= 0.6 is 11.8 Å². The summed E-state index contributed by atoms with van der Waals surface area (Å²) in [7, 11) is 1.58. The van der Waals surface area contributed by atoms with Crippen LogP contribution in [0.1, 0.15) is 44.2 Å². The number of anilines is 1. The van der Waals surface area contributed by atoms with Gasteiger partial charge in [-0.15, -0.1) is 18.3 Å². The Morgan fingerprint density at radius 2 is 1.75 bits per heavy atom. The highest BCUT2D eigenvalue weighted by atomic mass is 32.2. The van der Waals surface area contributed by atoms with E-state index in [1.165, 1.54) is 47.0 Å². The number of benzene rings is 3. The highest BCUT2D eigenvalue weighted by Gasteiger charge is 2.33. The first kappa shape index (κ1) is 34.9. The van der Waals surface area contributed by atoms with Gasteiger partial charge < -0.3 is 14.6 Å². The molecule has 0 spiro atoms. The fourth-order valence-electron chi connectivity index (χ4n) is 5.25. The highest BCUT2D eigenvalue weighted by Crippen LogP contribution is 2.36. The van der Waals surface area contributed by atoms with Gasteiger partial charge in [-0.05, 0) is 72.7 Å². The number of carbonyl (C=O) groups excluding carboxylic acids is 1. The lowest BCUT2D eigenvalue weighted by Gasteiger charge is -2.23. The van der Waals surface area contributed by atoms with E-state index in [4.69, 9.17) is 4.74 Å². The van der Waals surface area contributed by atoms with Crippen LogP contribution in [0.5, 0.6) is 11.5 Å². The molecule has 4 aromatic rings. The Balaban J connectivity index is 1.13. The van der Waals surface area contributed by atoms with Crippen LogP contribution in [0.2, 0.25) is 0 Å². The Bertz CT molecular complexity index is 1730. The van der Waals surface area contributed by atoms with Gasteiger partial charge in [0.05, 0.1) is 24.2 Å². The number of aliphatic hydroxyl groups is 1. The molecule has 2 unspecified atom stereocenters. The number of aliphatic hydroxyl groups excluding tert-OH is 1. The van der Waals surface area contributed by atoms with E-state index < -0.39 is 12.7 Å². The van der Waals surface area contributed by atoms with Gasteiger partial charge in [0.2, 0.25) is 12.3 Å². The van der Waals surface area contributed by atoms with Crippen LogP contribution < -0.4 is 19.7 Å². The van der Waals surface area contributed by atoms with Crippen LogP contribution in [0, 0.1) is 5.92 Å². The third kappa shape index (κ3) is 8.94. The van der Waals surface area contributed by atoms with Gasteiger partial charge in [-0.3, -0.25) is 15.0 Å². The number of hydrogen-bond donors (Lipinski definition) is 2. The number of ether oxygens (including phenoxy) is 2. The number of methoxy groups -OCH3 is 1. The number of nitrogens with zero attached hydrogens (tertiary/aromatic N) is 5. The van der Waals surface area contributed by atoms with Gasteiger partial charge in [0.25, 0.3) is 0 Å². The van der Waals surface area contributed by atoms with Crippen molar-refractivity contribution in [3.8, 4) is 28.6 Å². The molecule has 2 heterocycles. The Morgan fingerprint density at radius 3 is 2.42 bits per heavy atom. The van der Waals surface area contributed by atoms with Crippen LogP contribution in [0.25, 0.3) is 17.1 Å². The van der Waals surface area contributed by atoms with Gasteiger partial charge in [-0.1, -0.05) is 62.9 Å². The summed E-state index contributed by atoms with van der Waals surface area (Å²) < 4.78 is 48.1. The smallest absolute Gasteiger partial charge is 0.497 e. The fourth-order valence-corrected chi connectivity index (χ4v) is 6.14. The molecule has 0 radical (unpaired) electrons. The zero-order valence-electron chi connectivity index (χ0n) is 26.9. The summed E-state index contributed by atoms with van der Waals surface area (Å²) in [6.07, 6.45) is -2.82. The number of hydrogen-bond acceptors (Lipinski definition) is 9. The molecule has 254 valence electrons. The number of halogens is 3. The minimum Gasteiger partial charge on any atom is -0.497 e. The van der Waals surface area contributed by atoms with Crippen molar-refractivity contribution < 1.29 is 32.5 Å². The second kappa shape index (κ2) is 15.2. The van der Waals surface area contributed by atoms with Crippen LogP contribution in [0.3, 0.4) is 0 Å². The van der Waals surface area contributed by atoms with Gasteiger partial charge in [0.1, 0.15) is 17.8 Å². The average Bonchev–Trinajstić information content (AvgIpc) is 3.67. The summed E-state index contributed by atoms with van der Waals surface area (Å²) in [6, 6.07) is 18.9. The van der Waals surface area contributed by atoms with Crippen LogP contribution in [0.4, 0.5) is 18.9 Å². The molecule has 1 aliphatic rings. The molecule has 1 aliphatic heterocycles. The molecule has 0 bridgehead atoms. The summed E-state index contributed by atoms with van der Waals surface area (Å²) in [4.78, 5) is 23.2. The molecule has 1 aromatic heterocycles. The summed E-state index contributed by atoms with van der Waals surface area (Å²) in [5.74, 6) is 1.43. The Morgan fingerprint density at radius 1 is 1.04 bits per heavy atom. The summed E-state index contributed by atoms with van der Waals surface area (Å²) in [5, 5.41) is 18.6. The molecular weight excluding hydrogens is 645 g/mol. The zero-order valence-corrected chi connectivity index (χ0v) is 27.8. The standard InChI is InChI=1S/C34H37F3N6O4S/c1-21(2)28-14-13-27(46-4)18-29(28)43-30(44)19-48-33(43)40-32(45)38-16-15-22(3)17-23-5-7-24(8-6-23)31-39-20-42(41-31)25-9-11-26(12-10-25)47-34(35,36)37/h5-14,18,20-22,32,38,45H,15-17,19H2,1-4H3/b40-33-. The number of amidine groups is 1. The second-order valence-corrected chi connectivity index (χ2v) is 12.6. The van der Waals surface area contributed by atoms with E-state index >= 15 is 0 Å². The van der Waals surface area contributed by atoms with Crippen molar-refractivity contribution in [1.82, 2.24) is 20.1 Å². The number of carbonyl (C=O) groups is 1. The molecule has 3 aromatic carbocycles. The second-order valence-electron chi connectivity index (χ2n) is 11.7. The van der Waals surface area contributed by atoms with Crippen molar-refractivity contribution in [3.05, 3.63) is 84.2 Å². The van der Waals surface area contributed by atoms with Gasteiger partial charge in [-0.25, -0.2) is 14.7 Å². The first-order chi connectivity index (χ1) is 22.9.